The second-order valence-corrected chi connectivity index (χ2v) is 3.54. The van der Waals surface area contributed by atoms with E-state index in [1.807, 2.05) is 6.92 Å². The SMILES string of the molecule is CC/C=C(Br)\C=C(\C)COCC. The Morgan fingerprint density at radius 1 is 1.42 bits per heavy atom. The summed E-state index contributed by atoms with van der Waals surface area (Å²) >= 11 is 3.46. The topological polar surface area (TPSA) is 9.23 Å². The molecular weight excluding hydrogens is 216 g/mol. The number of hydrogen-bond donors (Lipinski definition) is 0. The Bertz CT molecular complexity index is 171. The summed E-state index contributed by atoms with van der Waals surface area (Å²) in [6.45, 7) is 7.70. The first kappa shape index (κ1) is 11.9. The molecule has 0 spiro atoms. The zero-order chi connectivity index (χ0) is 9.40. The number of ether oxygens (including phenoxy) is 1. The first-order valence-corrected chi connectivity index (χ1v) is 5.10. The van der Waals surface area contributed by atoms with E-state index in [0.717, 1.165) is 24.1 Å². The molecular formula is C10H17BrO. The molecule has 12 heavy (non-hydrogen) atoms. The van der Waals surface area contributed by atoms with Gasteiger partial charge in [-0.2, -0.15) is 0 Å². The third-order valence-corrected chi connectivity index (χ3v) is 1.87. The maximum Gasteiger partial charge on any atom is 0.0677 e. The minimum atomic E-state index is 0.725. The number of allylic oxidation sites excluding steroid dienone is 3. The molecule has 0 heterocycles. The summed E-state index contributed by atoms with van der Waals surface area (Å²) in [5.41, 5.74) is 1.24. The van der Waals surface area contributed by atoms with Crippen LogP contribution in [0.4, 0.5) is 0 Å². The van der Waals surface area contributed by atoms with Crippen molar-refractivity contribution in [2.24, 2.45) is 0 Å². The van der Waals surface area contributed by atoms with Crippen LogP contribution in [0.3, 0.4) is 0 Å². The van der Waals surface area contributed by atoms with Gasteiger partial charge in [0.05, 0.1) is 6.61 Å². The van der Waals surface area contributed by atoms with E-state index in [1.54, 1.807) is 0 Å². The first-order chi connectivity index (χ1) is 5.70. The van der Waals surface area contributed by atoms with Gasteiger partial charge in [-0.25, -0.2) is 0 Å². The van der Waals surface area contributed by atoms with Crippen LogP contribution in [0, 0.1) is 0 Å². The molecule has 0 rings (SSSR count). The van der Waals surface area contributed by atoms with Crippen molar-refractivity contribution in [3.05, 3.63) is 22.2 Å². The number of hydrogen-bond acceptors (Lipinski definition) is 1. The molecule has 0 aromatic rings. The molecule has 0 radical (unpaired) electrons. The maximum absolute atomic E-state index is 5.26. The maximum atomic E-state index is 5.26. The smallest absolute Gasteiger partial charge is 0.0677 e. The molecule has 0 aliphatic carbocycles. The first-order valence-electron chi connectivity index (χ1n) is 4.31. The second kappa shape index (κ2) is 7.56. The van der Waals surface area contributed by atoms with Gasteiger partial charge in [0.1, 0.15) is 0 Å². The Hall–Kier alpha value is -0.0800. The van der Waals surface area contributed by atoms with Crippen molar-refractivity contribution in [3.8, 4) is 0 Å². The molecule has 0 unspecified atom stereocenters. The summed E-state index contributed by atoms with van der Waals surface area (Å²) in [4.78, 5) is 0. The molecule has 0 saturated heterocycles. The van der Waals surface area contributed by atoms with Gasteiger partial charge < -0.3 is 4.74 Å². The molecule has 0 fully saturated rings. The van der Waals surface area contributed by atoms with Crippen LogP contribution in [0.1, 0.15) is 27.2 Å². The fourth-order valence-electron chi connectivity index (χ4n) is 0.794. The predicted octanol–water partition coefficient (Wildman–Crippen LogP) is 3.66. The third kappa shape index (κ3) is 6.62. The van der Waals surface area contributed by atoms with Gasteiger partial charge in [0.2, 0.25) is 0 Å². The van der Waals surface area contributed by atoms with Gasteiger partial charge in [-0.1, -0.05) is 28.9 Å². The molecule has 0 aromatic carbocycles. The Labute approximate surface area is 83.6 Å². The lowest BCUT2D eigenvalue weighted by Gasteiger charge is -2.00. The van der Waals surface area contributed by atoms with E-state index in [0.29, 0.717) is 0 Å². The zero-order valence-corrected chi connectivity index (χ0v) is 9.65. The van der Waals surface area contributed by atoms with Gasteiger partial charge in [0.25, 0.3) is 0 Å². The fraction of sp³-hybridized carbons (Fsp3) is 0.600. The molecule has 70 valence electrons. The van der Waals surface area contributed by atoms with Gasteiger partial charge in [0.15, 0.2) is 0 Å². The van der Waals surface area contributed by atoms with Crippen molar-refractivity contribution in [2.45, 2.75) is 27.2 Å². The largest absolute Gasteiger partial charge is 0.377 e. The Kier molecular flexibility index (Phi) is 7.51. The Morgan fingerprint density at radius 2 is 2.08 bits per heavy atom. The monoisotopic (exact) mass is 232 g/mol. The minimum Gasteiger partial charge on any atom is -0.377 e. The summed E-state index contributed by atoms with van der Waals surface area (Å²) in [6.07, 6.45) is 5.29. The van der Waals surface area contributed by atoms with Crippen LogP contribution in [0.15, 0.2) is 22.2 Å². The summed E-state index contributed by atoms with van der Waals surface area (Å²) in [5.74, 6) is 0. The summed E-state index contributed by atoms with van der Waals surface area (Å²) in [7, 11) is 0. The van der Waals surface area contributed by atoms with E-state index in [4.69, 9.17) is 4.74 Å². The van der Waals surface area contributed by atoms with Crippen molar-refractivity contribution in [3.63, 3.8) is 0 Å². The average Bonchev–Trinajstić information content (AvgIpc) is 2.01. The highest BCUT2D eigenvalue weighted by molar-refractivity contribution is 9.11. The zero-order valence-electron chi connectivity index (χ0n) is 8.06. The van der Waals surface area contributed by atoms with Crippen molar-refractivity contribution >= 4 is 15.9 Å². The summed E-state index contributed by atoms with van der Waals surface area (Å²) in [6, 6.07) is 0. The van der Waals surface area contributed by atoms with Gasteiger partial charge in [0, 0.05) is 11.1 Å². The average molecular weight is 233 g/mol. The molecule has 0 atom stereocenters. The molecule has 0 amide bonds. The highest BCUT2D eigenvalue weighted by Gasteiger charge is 1.90. The summed E-state index contributed by atoms with van der Waals surface area (Å²) in [5, 5.41) is 0. The van der Waals surface area contributed by atoms with Crippen LogP contribution in [-0.4, -0.2) is 13.2 Å². The van der Waals surface area contributed by atoms with Crippen molar-refractivity contribution in [2.75, 3.05) is 13.2 Å². The van der Waals surface area contributed by atoms with Gasteiger partial charge in [-0.3, -0.25) is 0 Å². The van der Waals surface area contributed by atoms with Gasteiger partial charge in [-0.05, 0) is 31.9 Å². The third-order valence-electron chi connectivity index (χ3n) is 1.32. The van der Waals surface area contributed by atoms with Crippen LogP contribution >= 0.6 is 15.9 Å². The Balaban J connectivity index is 3.88. The highest BCUT2D eigenvalue weighted by atomic mass is 79.9. The van der Waals surface area contributed by atoms with Gasteiger partial charge >= 0.3 is 0 Å². The van der Waals surface area contributed by atoms with Gasteiger partial charge in [-0.15, -0.1) is 0 Å². The lowest BCUT2D eigenvalue weighted by atomic mass is 10.3. The van der Waals surface area contributed by atoms with Crippen molar-refractivity contribution < 1.29 is 4.74 Å². The molecule has 0 bridgehead atoms. The fourth-order valence-corrected chi connectivity index (χ4v) is 1.51. The van der Waals surface area contributed by atoms with E-state index in [-0.39, 0.29) is 0 Å². The van der Waals surface area contributed by atoms with E-state index < -0.39 is 0 Å². The molecule has 0 aromatic heterocycles. The molecule has 0 aliphatic heterocycles. The van der Waals surface area contributed by atoms with E-state index in [2.05, 4.69) is 41.9 Å². The summed E-state index contributed by atoms with van der Waals surface area (Å²) < 4.78 is 6.40. The normalized spacial score (nSPS) is 13.7. The molecule has 0 N–H and O–H groups in total. The molecule has 1 nitrogen and oxygen atoms in total. The standard InChI is InChI=1S/C10H17BrO/c1-4-6-10(11)7-9(3)8-12-5-2/h6-7H,4-5,8H2,1-3H3/b9-7-,10-6+. The van der Waals surface area contributed by atoms with Crippen LogP contribution < -0.4 is 0 Å². The van der Waals surface area contributed by atoms with E-state index >= 15 is 0 Å². The van der Waals surface area contributed by atoms with Crippen LogP contribution in [0.25, 0.3) is 0 Å². The van der Waals surface area contributed by atoms with Crippen LogP contribution in [0.5, 0.6) is 0 Å². The lowest BCUT2D eigenvalue weighted by Crippen LogP contribution is -1.94. The highest BCUT2D eigenvalue weighted by Crippen LogP contribution is 2.10. The Morgan fingerprint density at radius 3 is 2.58 bits per heavy atom. The minimum absolute atomic E-state index is 0.725. The van der Waals surface area contributed by atoms with Crippen molar-refractivity contribution in [1.82, 2.24) is 0 Å². The van der Waals surface area contributed by atoms with Crippen LogP contribution in [0.2, 0.25) is 0 Å². The van der Waals surface area contributed by atoms with E-state index in [1.165, 1.54) is 5.57 Å². The van der Waals surface area contributed by atoms with Crippen LogP contribution in [-0.2, 0) is 4.74 Å². The number of halogens is 1. The van der Waals surface area contributed by atoms with E-state index in [9.17, 15) is 0 Å². The molecule has 0 saturated carbocycles. The molecule has 0 aliphatic rings. The molecule has 2 heteroatoms. The lowest BCUT2D eigenvalue weighted by molar-refractivity contribution is 0.171. The van der Waals surface area contributed by atoms with Crippen molar-refractivity contribution in [1.29, 1.82) is 0 Å². The number of rotatable bonds is 5. The second-order valence-electron chi connectivity index (χ2n) is 2.63. The quantitative estimate of drug-likeness (QED) is 0.658. The predicted molar refractivity (Wildman–Crippen MR) is 57.6 cm³/mol.